The molecule has 1 aromatic heterocycles. The van der Waals surface area contributed by atoms with Gasteiger partial charge < -0.3 is 15.8 Å². The van der Waals surface area contributed by atoms with Crippen LogP contribution < -0.4 is 11.1 Å². The van der Waals surface area contributed by atoms with E-state index in [9.17, 15) is 14.4 Å². The van der Waals surface area contributed by atoms with Gasteiger partial charge in [-0.3, -0.25) is 9.59 Å². The van der Waals surface area contributed by atoms with Gasteiger partial charge in [-0.1, -0.05) is 11.3 Å². The Morgan fingerprint density at radius 2 is 2.10 bits per heavy atom. The summed E-state index contributed by atoms with van der Waals surface area (Å²) in [4.78, 5) is 38.3. The SMILES string of the molecule is CCOC(=O)c1nc(NC(C)CC(N)=O)sc1C(C)=O. The van der Waals surface area contributed by atoms with Crippen molar-refractivity contribution in [3.05, 3.63) is 10.6 Å². The molecule has 1 atom stereocenters. The maximum absolute atomic E-state index is 11.7. The molecule has 0 aliphatic heterocycles. The number of primary amides is 1. The molecule has 0 saturated heterocycles. The Morgan fingerprint density at radius 1 is 1.45 bits per heavy atom. The van der Waals surface area contributed by atoms with Gasteiger partial charge in [-0.2, -0.15) is 0 Å². The number of anilines is 1. The number of hydrogen-bond donors (Lipinski definition) is 2. The maximum Gasteiger partial charge on any atom is 0.358 e. The van der Waals surface area contributed by atoms with Crippen molar-refractivity contribution in [2.45, 2.75) is 33.2 Å². The first kappa shape index (κ1) is 16.1. The Morgan fingerprint density at radius 3 is 2.60 bits per heavy atom. The molecule has 0 saturated carbocycles. The lowest BCUT2D eigenvalue weighted by Crippen LogP contribution is -2.23. The fourth-order valence-electron chi connectivity index (χ4n) is 1.52. The lowest BCUT2D eigenvalue weighted by molar-refractivity contribution is -0.118. The fourth-order valence-corrected chi connectivity index (χ4v) is 2.48. The number of amides is 1. The molecule has 0 aliphatic rings. The van der Waals surface area contributed by atoms with E-state index in [-0.39, 0.29) is 35.4 Å². The summed E-state index contributed by atoms with van der Waals surface area (Å²) in [6.45, 7) is 4.98. The minimum absolute atomic E-state index is 0.00174. The van der Waals surface area contributed by atoms with E-state index in [4.69, 9.17) is 10.5 Å². The summed E-state index contributed by atoms with van der Waals surface area (Å²) >= 11 is 1.05. The minimum Gasteiger partial charge on any atom is -0.461 e. The number of rotatable bonds is 7. The van der Waals surface area contributed by atoms with Crippen LogP contribution in [0, 0.1) is 0 Å². The predicted molar refractivity (Wildman–Crippen MR) is 75.0 cm³/mol. The molecule has 1 amide bonds. The Bertz CT molecular complexity index is 527. The van der Waals surface area contributed by atoms with Crippen molar-refractivity contribution in [3.8, 4) is 0 Å². The Labute approximate surface area is 120 Å². The summed E-state index contributed by atoms with van der Waals surface area (Å²) < 4.78 is 4.85. The number of nitrogens with one attached hydrogen (secondary N) is 1. The van der Waals surface area contributed by atoms with Gasteiger partial charge in [0.2, 0.25) is 5.91 Å². The highest BCUT2D eigenvalue weighted by atomic mass is 32.1. The molecule has 1 heterocycles. The second-order valence-electron chi connectivity index (χ2n) is 4.19. The highest BCUT2D eigenvalue weighted by Crippen LogP contribution is 2.25. The van der Waals surface area contributed by atoms with Crippen molar-refractivity contribution in [2.75, 3.05) is 11.9 Å². The van der Waals surface area contributed by atoms with Gasteiger partial charge in [0.1, 0.15) is 4.88 Å². The summed E-state index contributed by atoms with van der Waals surface area (Å²) in [6.07, 6.45) is 0.129. The Balaban J connectivity index is 2.94. The van der Waals surface area contributed by atoms with E-state index in [1.807, 2.05) is 0 Å². The van der Waals surface area contributed by atoms with Crippen molar-refractivity contribution >= 4 is 34.1 Å². The topological polar surface area (TPSA) is 111 Å². The van der Waals surface area contributed by atoms with E-state index in [0.29, 0.717) is 5.13 Å². The number of thiazole rings is 1. The molecule has 3 N–H and O–H groups in total. The molecule has 1 aromatic rings. The van der Waals surface area contributed by atoms with Crippen molar-refractivity contribution in [1.82, 2.24) is 4.98 Å². The Kier molecular flexibility index (Phi) is 5.63. The first-order valence-electron chi connectivity index (χ1n) is 6.08. The lowest BCUT2D eigenvalue weighted by Gasteiger charge is -2.09. The summed E-state index contributed by atoms with van der Waals surface area (Å²) in [6, 6.07) is -0.242. The van der Waals surface area contributed by atoms with Crippen LogP contribution in [0.5, 0.6) is 0 Å². The van der Waals surface area contributed by atoms with Crippen LogP contribution >= 0.6 is 11.3 Å². The standard InChI is InChI=1S/C12H17N3O4S/c1-4-19-11(18)9-10(7(3)16)20-12(15-9)14-6(2)5-8(13)17/h6H,4-5H2,1-3H3,(H2,13,17)(H,14,15). The molecule has 110 valence electrons. The van der Waals surface area contributed by atoms with Crippen molar-refractivity contribution in [3.63, 3.8) is 0 Å². The molecule has 0 spiro atoms. The molecule has 20 heavy (non-hydrogen) atoms. The van der Waals surface area contributed by atoms with Crippen LogP contribution in [0.25, 0.3) is 0 Å². The van der Waals surface area contributed by atoms with Gasteiger partial charge in [-0.15, -0.1) is 0 Å². The van der Waals surface area contributed by atoms with Gasteiger partial charge in [0.05, 0.1) is 6.61 Å². The number of esters is 1. The van der Waals surface area contributed by atoms with Crippen LogP contribution in [-0.2, 0) is 9.53 Å². The number of Topliss-reactive ketones (excluding diaryl/α,β-unsaturated/α-hetero) is 1. The molecule has 0 aliphatic carbocycles. The van der Waals surface area contributed by atoms with E-state index in [1.165, 1.54) is 6.92 Å². The minimum atomic E-state index is -0.635. The van der Waals surface area contributed by atoms with Gasteiger partial charge in [-0.05, 0) is 13.8 Å². The lowest BCUT2D eigenvalue weighted by atomic mass is 10.2. The molecule has 7 nitrogen and oxygen atoms in total. The zero-order valence-corrected chi connectivity index (χ0v) is 12.4. The molecule has 0 aromatic carbocycles. The van der Waals surface area contributed by atoms with Gasteiger partial charge in [-0.25, -0.2) is 9.78 Å². The molecule has 0 radical (unpaired) electrons. The number of ether oxygens (including phenoxy) is 1. The number of carbonyl (C=O) groups excluding carboxylic acids is 3. The molecular weight excluding hydrogens is 282 g/mol. The maximum atomic E-state index is 11.7. The highest BCUT2D eigenvalue weighted by Gasteiger charge is 2.22. The first-order chi connectivity index (χ1) is 9.35. The highest BCUT2D eigenvalue weighted by molar-refractivity contribution is 7.17. The number of ketones is 1. The van der Waals surface area contributed by atoms with Crippen molar-refractivity contribution < 1.29 is 19.1 Å². The number of aromatic nitrogens is 1. The van der Waals surface area contributed by atoms with Crippen LogP contribution in [0.3, 0.4) is 0 Å². The van der Waals surface area contributed by atoms with Gasteiger partial charge in [0, 0.05) is 19.4 Å². The summed E-state index contributed by atoms with van der Waals surface area (Å²) in [7, 11) is 0. The number of nitrogens with two attached hydrogens (primary N) is 1. The fraction of sp³-hybridized carbons (Fsp3) is 0.500. The number of nitrogens with zero attached hydrogens (tertiary/aromatic N) is 1. The van der Waals surface area contributed by atoms with Crippen LogP contribution in [0.2, 0.25) is 0 Å². The predicted octanol–water partition coefficient (Wildman–Crippen LogP) is 1.20. The van der Waals surface area contributed by atoms with Crippen LogP contribution in [0.15, 0.2) is 0 Å². The third-order valence-electron chi connectivity index (χ3n) is 2.29. The molecule has 8 heteroatoms. The van der Waals surface area contributed by atoms with E-state index < -0.39 is 11.9 Å². The van der Waals surface area contributed by atoms with Crippen LogP contribution in [-0.4, -0.2) is 35.3 Å². The second-order valence-corrected chi connectivity index (χ2v) is 5.19. The van der Waals surface area contributed by atoms with Gasteiger partial charge in [0.15, 0.2) is 16.6 Å². The molecule has 1 unspecified atom stereocenters. The molecule has 0 bridgehead atoms. The van der Waals surface area contributed by atoms with Crippen LogP contribution in [0.1, 0.15) is 47.4 Å². The molecular formula is C12H17N3O4S. The van der Waals surface area contributed by atoms with Crippen LogP contribution in [0.4, 0.5) is 5.13 Å². The quantitative estimate of drug-likeness (QED) is 0.578. The zero-order chi connectivity index (χ0) is 15.3. The first-order valence-corrected chi connectivity index (χ1v) is 6.90. The van der Waals surface area contributed by atoms with Crippen molar-refractivity contribution in [1.29, 1.82) is 0 Å². The largest absolute Gasteiger partial charge is 0.461 e. The summed E-state index contributed by atoms with van der Waals surface area (Å²) in [5.74, 6) is -1.34. The van der Waals surface area contributed by atoms with E-state index in [0.717, 1.165) is 11.3 Å². The van der Waals surface area contributed by atoms with E-state index >= 15 is 0 Å². The zero-order valence-electron chi connectivity index (χ0n) is 11.6. The normalized spacial score (nSPS) is 11.8. The average Bonchev–Trinajstić information content (AvgIpc) is 2.72. The van der Waals surface area contributed by atoms with Gasteiger partial charge >= 0.3 is 5.97 Å². The smallest absolute Gasteiger partial charge is 0.358 e. The van der Waals surface area contributed by atoms with E-state index in [1.54, 1.807) is 13.8 Å². The van der Waals surface area contributed by atoms with Crippen molar-refractivity contribution in [2.24, 2.45) is 5.73 Å². The summed E-state index contributed by atoms with van der Waals surface area (Å²) in [5, 5.41) is 3.31. The number of carbonyl (C=O) groups is 3. The van der Waals surface area contributed by atoms with E-state index in [2.05, 4.69) is 10.3 Å². The molecule has 1 rings (SSSR count). The third-order valence-corrected chi connectivity index (χ3v) is 3.38. The summed E-state index contributed by atoms with van der Waals surface area (Å²) in [5.41, 5.74) is 5.09. The monoisotopic (exact) mass is 299 g/mol. The second kappa shape index (κ2) is 6.99. The number of hydrogen-bond acceptors (Lipinski definition) is 7. The molecule has 0 fully saturated rings. The average molecular weight is 299 g/mol. The third kappa shape index (κ3) is 4.30. The Hall–Kier alpha value is -1.96. The van der Waals surface area contributed by atoms with Gasteiger partial charge in [0.25, 0.3) is 0 Å².